The average Bonchev–Trinajstić information content (AvgIpc) is 3.72. The summed E-state index contributed by atoms with van der Waals surface area (Å²) in [6.07, 6.45) is 4.77. The number of allylic oxidation sites excluding steroid dienone is 1. The van der Waals surface area contributed by atoms with E-state index in [1.54, 1.807) is 24.3 Å². The Bertz CT molecular complexity index is 1940. The molecule has 1 aliphatic carbocycles. The summed E-state index contributed by atoms with van der Waals surface area (Å²) in [5.74, 6) is 0.0574. The molecule has 1 fully saturated rings. The number of rotatable bonds is 7. The molecule has 2 atom stereocenters. The lowest BCUT2D eigenvalue weighted by Gasteiger charge is -2.29. The Hall–Kier alpha value is -5.48. The van der Waals surface area contributed by atoms with Gasteiger partial charge in [0.25, 0.3) is 11.4 Å². The summed E-state index contributed by atoms with van der Waals surface area (Å²) < 4.78 is 0. The van der Waals surface area contributed by atoms with Crippen LogP contribution in [-0.4, -0.2) is 20.5 Å². The van der Waals surface area contributed by atoms with Gasteiger partial charge < -0.3 is 0 Å². The van der Waals surface area contributed by atoms with E-state index in [0.29, 0.717) is 0 Å². The van der Waals surface area contributed by atoms with Gasteiger partial charge in [-0.1, -0.05) is 66.7 Å². The molecule has 0 saturated heterocycles. The second-order valence-electron chi connectivity index (χ2n) is 11.1. The minimum absolute atomic E-state index is 0.0438. The summed E-state index contributed by atoms with van der Waals surface area (Å²) in [5, 5.41) is 32.4. The first-order valence-electron chi connectivity index (χ1n) is 14.6. The second-order valence-corrected chi connectivity index (χ2v) is 11.9. The molecular weight excluding hydrogens is 586 g/mol. The number of benzene rings is 4. The molecule has 7 rings (SSSR count). The monoisotopic (exact) mass is 613 g/mol. The van der Waals surface area contributed by atoms with Crippen LogP contribution in [0.5, 0.6) is 0 Å². The maximum atomic E-state index is 11.4. The smallest absolute Gasteiger partial charge is 0.258 e. The first-order valence-corrected chi connectivity index (χ1v) is 15.5. The molecule has 1 saturated carbocycles. The van der Waals surface area contributed by atoms with Crippen molar-refractivity contribution in [2.24, 2.45) is 11.0 Å². The lowest BCUT2D eigenvalue weighted by molar-refractivity contribution is -0.385. The molecule has 2 aliphatic rings. The van der Waals surface area contributed by atoms with Gasteiger partial charge in [0.2, 0.25) is 5.13 Å². The first kappa shape index (κ1) is 28.3. The standard InChI is InChI=1S/C35H27N5O4S/c41-39(42)29-17-9-23(10-18-29)21-28-7-4-8-31-33(28)37-38(34(31)27-15-19-30(20-16-27)40(43)44)35-36-32(22-45-35)26-13-11-25(12-14-26)24-5-2-1-3-6-24/h1-3,5-6,9-22,31,34H,4,7-8H2/b28-21-/t31-,34-/m0/s1. The van der Waals surface area contributed by atoms with Crippen molar-refractivity contribution in [2.45, 2.75) is 25.3 Å². The number of non-ortho nitro benzene ring substituents is 2. The highest BCUT2D eigenvalue weighted by atomic mass is 32.1. The van der Waals surface area contributed by atoms with Crippen molar-refractivity contribution in [3.63, 3.8) is 0 Å². The molecule has 5 aromatic rings. The highest BCUT2D eigenvalue weighted by Crippen LogP contribution is 2.47. The predicted molar refractivity (Wildman–Crippen MR) is 177 cm³/mol. The van der Waals surface area contributed by atoms with Crippen molar-refractivity contribution >= 4 is 39.6 Å². The van der Waals surface area contributed by atoms with E-state index in [-0.39, 0.29) is 28.3 Å². The first-order chi connectivity index (χ1) is 21.9. The van der Waals surface area contributed by atoms with E-state index in [2.05, 4.69) is 42.5 Å². The summed E-state index contributed by atoms with van der Waals surface area (Å²) in [7, 11) is 0. The number of fused-ring (bicyclic) bond motifs is 1. The molecule has 0 amide bonds. The number of nitro benzene ring substituents is 2. The quantitative estimate of drug-likeness (QED) is 0.134. The molecule has 45 heavy (non-hydrogen) atoms. The lowest BCUT2D eigenvalue weighted by atomic mass is 9.77. The van der Waals surface area contributed by atoms with Crippen LogP contribution >= 0.6 is 11.3 Å². The van der Waals surface area contributed by atoms with Gasteiger partial charge in [0, 0.05) is 41.1 Å². The molecule has 0 N–H and O–H groups in total. The van der Waals surface area contributed by atoms with Crippen LogP contribution in [-0.2, 0) is 0 Å². The normalized spacial score (nSPS) is 18.4. The van der Waals surface area contributed by atoms with E-state index in [4.69, 9.17) is 10.1 Å². The Kier molecular flexibility index (Phi) is 7.48. The van der Waals surface area contributed by atoms with Crippen LogP contribution in [0.4, 0.5) is 16.5 Å². The minimum atomic E-state index is -0.402. The molecule has 0 spiro atoms. The number of thiazole rings is 1. The fourth-order valence-corrected chi connectivity index (χ4v) is 6.96. The summed E-state index contributed by atoms with van der Waals surface area (Å²) in [4.78, 5) is 26.8. The summed E-state index contributed by atoms with van der Waals surface area (Å²) >= 11 is 1.52. The van der Waals surface area contributed by atoms with Gasteiger partial charge in [-0.15, -0.1) is 11.3 Å². The van der Waals surface area contributed by atoms with Gasteiger partial charge in [0.1, 0.15) is 0 Å². The largest absolute Gasteiger partial charge is 0.269 e. The fourth-order valence-electron chi connectivity index (χ4n) is 6.14. The van der Waals surface area contributed by atoms with E-state index in [1.165, 1.54) is 23.5 Å². The number of hydrogen-bond donors (Lipinski definition) is 0. The zero-order chi connectivity index (χ0) is 30.9. The number of anilines is 1. The molecule has 2 heterocycles. The summed E-state index contributed by atoms with van der Waals surface area (Å²) in [5.41, 5.74) is 8.11. The third kappa shape index (κ3) is 5.63. The number of aromatic nitrogens is 1. The Balaban J connectivity index is 1.24. The fraction of sp³-hybridized carbons (Fsp3) is 0.143. The third-order valence-electron chi connectivity index (χ3n) is 8.37. The van der Waals surface area contributed by atoms with Gasteiger partial charge in [-0.3, -0.25) is 20.2 Å². The lowest BCUT2D eigenvalue weighted by Crippen LogP contribution is -2.28. The van der Waals surface area contributed by atoms with Gasteiger partial charge >= 0.3 is 0 Å². The van der Waals surface area contributed by atoms with Crippen LogP contribution in [0.2, 0.25) is 0 Å². The average molecular weight is 614 g/mol. The second kappa shape index (κ2) is 11.9. The van der Waals surface area contributed by atoms with Crippen molar-refractivity contribution < 1.29 is 9.85 Å². The molecule has 0 radical (unpaired) electrons. The highest BCUT2D eigenvalue weighted by Gasteiger charge is 2.43. The van der Waals surface area contributed by atoms with Crippen LogP contribution in [0.3, 0.4) is 0 Å². The third-order valence-corrected chi connectivity index (χ3v) is 9.20. The van der Waals surface area contributed by atoms with Gasteiger partial charge in [-0.25, -0.2) is 9.99 Å². The zero-order valence-corrected chi connectivity index (χ0v) is 24.8. The van der Waals surface area contributed by atoms with Crippen molar-refractivity contribution in [1.29, 1.82) is 0 Å². The predicted octanol–water partition coefficient (Wildman–Crippen LogP) is 9.09. The van der Waals surface area contributed by atoms with Crippen LogP contribution in [0.1, 0.15) is 36.4 Å². The summed E-state index contributed by atoms with van der Waals surface area (Å²) in [6, 6.07) is 31.7. The van der Waals surface area contributed by atoms with E-state index < -0.39 is 4.92 Å². The van der Waals surface area contributed by atoms with Gasteiger partial charge in [0.15, 0.2) is 0 Å². The van der Waals surface area contributed by atoms with Crippen molar-refractivity contribution in [3.8, 4) is 22.4 Å². The molecule has 0 unspecified atom stereocenters. The van der Waals surface area contributed by atoms with Crippen LogP contribution in [0.15, 0.2) is 119 Å². The highest BCUT2D eigenvalue weighted by molar-refractivity contribution is 7.14. The van der Waals surface area contributed by atoms with Crippen LogP contribution in [0, 0.1) is 26.1 Å². The van der Waals surface area contributed by atoms with E-state index >= 15 is 0 Å². The Labute approximate surface area is 263 Å². The van der Waals surface area contributed by atoms with Crippen LogP contribution in [0.25, 0.3) is 28.5 Å². The van der Waals surface area contributed by atoms with E-state index in [1.807, 2.05) is 40.7 Å². The Morgan fingerprint density at radius 1 is 0.778 bits per heavy atom. The van der Waals surface area contributed by atoms with Crippen molar-refractivity contribution in [2.75, 3.05) is 5.01 Å². The summed E-state index contributed by atoms with van der Waals surface area (Å²) in [6.45, 7) is 0. The molecule has 222 valence electrons. The number of nitro groups is 2. The Morgan fingerprint density at radius 2 is 1.40 bits per heavy atom. The number of hydrogen-bond acceptors (Lipinski definition) is 8. The molecule has 1 aromatic heterocycles. The van der Waals surface area contributed by atoms with E-state index in [0.717, 1.165) is 69.2 Å². The maximum absolute atomic E-state index is 11.4. The van der Waals surface area contributed by atoms with Crippen LogP contribution < -0.4 is 5.01 Å². The minimum Gasteiger partial charge on any atom is -0.258 e. The molecule has 4 aromatic carbocycles. The topological polar surface area (TPSA) is 115 Å². The van der Waals surface area contributed by atoms with Crippen molar-refractivity contribution in [3.05, 3.63) is 145 Å². The number of hydrazone groups is 1. The number of nitrogens with zero attached hydrogens (tertiary/aromatic N) is 5. The molecule has 10 heteroatoms. The molecular formula is C35H27N5O4S. The molecule has 9 nitrogen and oxygen atoms in total. The Morgan fingerprint density at radius 3 is 2.07 bits per heavy atom. The SMILES string of the molecule is O=[N+]([O-])c1ccc(/C=C2/CCC[C@H]3C2=NN(c2nc(-c4ccc(-c5ccccc5)cc4)cs2)[C@H]3c2ccc([N+](=O)[O-])cc2)cc1. The van der Waals surface area contributed by atoms with Gasteiger partial charge in [-0.2, -0.15) is 5.10 Å². The molecule has 1 aliphatic heterocycles. The van der Waals surface area contributed by atoms with E-state index in [9.17, 15) is 20.2 Å². The van der Waals surface area contributed by atoms with Crippen molar-refractivity contribution in [1.82, 2.24) is 4.98 Å². The molecule has 0 bridgehead atoms. The van der Waals surface area contributed by atoms with Gasteiger partial charge in [-0.05, 0) is 65.3 Å². The van der Waals surface area contributed by atoms with Gasteiger partial charge in [0.05, 0.1) is 27.3 Å². The zero-order valence-electron chi connectivity index (χ0n) is 24.0. The maximum Gasteiger partial charge on any atom is 0.269 e.